The van der Waals surface area contributed by atoms with E-state index in [1.54, 1.807) is 6.07 Å². The summed E-state index contributed by atoms with van der Waals surface area (Å²) in [5.41, 5.74) is 1.64. The molecule has 0 bridgehead atoms. The maximum atomic E-state index is 14.1. The van der Waals surface area contributed by atoms with Crippen LogP contribution in [0.25, 0.3) is 10.9 Å². The highest BCUT2D eigenvalue weighted by Gasteiger charge is 2.44. The Morgan fingerprint density at radius 1 is 1.20 bits per heavy atom. The quantitative estimate of drug-likeness (QED) is 0.162. The predicted molar refractivity (Wildman–Crippen MR) is 170 cm³/mol. The van der Waals surface area contributed by atoms with Gasteiger partial charge >= 0.3 is 6.09 Å². The maximum absolute atomic E-state index is 14.1. The molecule has 13 nitrogen and oxygen atoms in total. The van der Waals surface area contributed by atoms with Gasteiger partial charge in [0.2, 0.25) is 10.0 Å². The lowest BCUT2D eigenvalue weighted by atomic mass is 10.0. The van der Waals surface area contributed by atoms with Crippen LogP contribution in [0, 0.1) is 11.8 Å². The molecular weight excluding hydrogens is 616 g/mol. The van der Waals surface area contributed by atoms with Crippen molar-refractivity contribution in [1.29, 1.82) is 0 Å². The van der Waals surface area contributed by atoms with E-state index in [1.165, 1.54) is 22.7 Å². The Bertz CT molecular complexity index is 1610. The summed E-state index contributed by atoms with van der Waals surface area (Å²) in [6.07, 6.45) is -0.581. The second-order valence-corrected chi connectivity index (χ2v) is 14.0. The summed E-state index contributed by atoms with van der Waals surface area (Å²) in [6.45, 7) is 4.25. The van der Waals surface area contributed by atoms with Crippen molar-refractivity contribution in [3.8, 4) is 5.88 Å². The number of aromatic hydroxyl groups is 1. The van der Waals surface area contributed by atoms with Gasteiger partial charge in [-0.2, -0.15) is 4.31 Å². The molecule has 2 aliphatic rings. The monoisotopic (exact) mass is 658 g/mol. The van der Waals surface area contributed by atoms with Gasteiger partial charge in [0.15, 0.2) is 12.2 Å². The fourth-order valence-corrected chi connectivity index (χ4v) is 7.52. The molecule has 3 heterocycles. The largest absolute Gasteiger partial charge is 0.494 e. The summed E-state index contributed by atoms with van der Waals surface area (Å²) in [5.74, 6) is -0.323. The van der Waals surface area contributed by atoms with Gasteiger partial charge < -0.3 is 39.8 Å². The van der Waals surface area contributed by atoms with Gasteiger partial charge in [-0.25, -0.2) is 13.2 Å². The zero-order valence-corrected chi connectivity index (χ0v) is 26.7. The third-order valence-corrected chi connectivity index (χ3v) is 9.97. The standard InChI is InChI=1S/C32H42N4O9S/c1-20(2)17-36(46(41,42)22-8-9-26-24(15-22)25(30(39)34-26)16-33-11-12-37)18-28(38)27(14-21-6-4-3-5-7-21)35-32(40)45-29-19-44-31-23(29)10-13-43-31/h3-9,15-16,20,23,27-29,31,34,37-39H,10-14,17-19H2,1-2H3,(H,35,40)/t23?,27-,28+,29-,31?/m0/s1. The molecule has 0 spiro atoms. The average Bonchev–Trinajstić information content (AvgIpc) is 3.72. The van der Waals surface area contributed by atoms with Crippen LogP contribution < -0.4 is 5.32 Å². The topological polar surface area (TPSA) is 183 Å². The summed E-state index contributed by atoms with van der Waals surface area (Å²) in [7, 11) is -4.16. The second-order valence-electron chi connectivity index (χ2n) is 12.0. The van der Waals surface area contributed by atoms with Crippen molar-refractivity contribution < 1.29 is 42.7 Å². The summed E-state index contributed by atoms with van der Waals surface area (Å²) in [5, 5.41) is 34.3. The van der Waals surface area contributed by atoms with Crippen LogP contribution in [0.2, 0.25) is 0 Å². The molecule has 2 aromatic carbocycles. The third kappa shape index (κ3) is 7.88. The van der Waals surface area contributed by atoms with E-state index >= 15 is 0 Å². The number of aliphatic hydroxyl groups excluding tert-OH is 2. The number of sulfonamides is 1. The fourth-order valence-electron chi connectivity index (χ4n) is 5.87. The zero-order valence-electron chi connectivity index (χ0n) is 25.9. The molecule has 46 heavy (non-hydrogen) atoms. The molecule has 3 aromatic rings. The van der Waals surface area contributed by atoms with E-state index < -0.39 is 40.7 Å². The highest BCUT2D eigenvalue weighted by molar-refractivity contribution is 7.89. The van der Waals surface area contributed by atoms with Gasteiger partial charge in [-0.1, -0.05) is 44.2 Å². The number of aromatic amines is 1. The number of aromatic nitrogens is 1. The molecule has 5 rings (SSSR count). The number of H-pyrrole nitrogens is 1. The number of rotatable bonds is 14. The van der Waals surface area contributed by atoms with Gasteiger partial charge in [-0.3, -0.25) is 4.99 Å². The molecule has 2 aliphatic heterocycles. The number of ether oxygens (including phenoxy) is 3. The third-order valence-electron chi connectivity index (χ3n) is 8.15. The minimum absolute atomic E-state index is 0.0368. The Morgan fingerprint density at radius 3 is 2.72 bits per heavy atom. The van der Waals surface area contributed by atoms with Crippen LogP contribution in [0.1, 0.15) is 31.4 Å². The number of benzene rings is 2. The maximum Gasteiger partial charge on any atom is 0.407 e. The molecule has 250 valence electrons. The van der Waals surface area contributed by atoms with Crippen LogP contribution in [0.5, 0.6) is 5.88 Å². The van der Waals surface area contributed by atoms with Gasteiger partial charge in [0, 0.05) is 30.2 Å². The van der Waals surface area contributed by atoms with E-state index in [9.17, 15) is 23.4 Å². The zero-order chi connectivity index (χ0) is 32.8. The van der Waals surface area contributed by atoms with Gasteiger partial charge in [0.25, 0.3) is 0 Å². The minimum atomic E-state index is -4.16. The summed E-state index contributed by atoms with van der Waals surface area (Å²) in [6, 6.07) is 12.8. The molecule has 0 aliphatic carbocycles. The van der Waals surface area contributed by atoms with Crippen molar-refractivity contribution in [2.45, 2.75) is 56.1 Å². The Kier molecular flexibility index (Phi) is 11.0. The predicted octanol–water partition coefficient (Wildman–Crippen LogP) is 2.39. The molecule has 14 heteroatoms. The lowest BCUT2D eigenvalue weighted by Gasteiger charge is -2.31. The molecule has 2 saturated heterocycles. The molecule has 2 fully saturated rings. The van der Waals surface area contributed by atoms with Crippen molar-refractivity contribution in [3.05, 3.63) is 59.7 Å². The number of aliphatic imine (C=N–C) groups is 1. The molecule has 5 atom stereocenters. The van der Waals surface area contributed by atoms with Crippen molar-refractivity contribution in [2.75, 3.05) is 39.5 Å². The Hall–Kier alpha value is -3.53. The fraction of sp³-hybridized carbons (Fsp3) is 0.500. The normalized spacial score (nSPS) is 21.3. The average molecular weight is 659 g/mol. The first-order valence-corrected chi connectivity index (χ1v) is 16.9. The van der Waals surface area contributed by atoms with Crippen molar-refractivity contribution in [3.63, 3.8) is 0 Å². The number of hydrogen-bond acceptors (Lipinski definition) is 10. The van der Waals surface area contributed by atoms with E-state index in [2.05, 4.69) is 15.3 Å². The van der Waals surface area contributed by atoms with Crippen molar-refractivity contribution in [2.24, 2.45) is 16.8 Å². The number of aliphatic hydroxyl groups is 2. The lowest BCUT2D eigenvalue weighted by molar-refractivity contribution is -0.0907. The number of fused-ring (bicyclic) bond motifs is 2. The highest BCUT2D eigenvalue weighted by Crippen LogP contribution is 2.33. The smallest absolute Gasteiger partial charge is 0.407 e. The summed E-state index contributed by atoms with van der Waals surface area (Å²) >= 11 is 0. The Balaban J connectivity index is 1.38. The van der Waals surface area contributed by atoms with E-state index in [1.807, 2.05) is 44.2 Å². The van der Waals surface area contributed by atoms with Gasteiger partial charge in [-0.15, -0.1) is 0 Å². The number of carbonyl (C=O) groups is 1. The molecule has 0 radical (unpaired) electrons. The van der Waals surface area contributed by atoms with Crippen LogP contribution in [-0.4, -0.2) is 109 Å². The van der Waals surface area contributed by atoms with E-state index in [4.69, 9.17) is 19.3 Å². The lowest BCUT2D eigenvalue weighted by Crippen LogP contribution is -2.51. The van der Waals surface area contributed by atoms with Gasteiger partial charge in [-0.05, 0) is 42.5 Å². The second kappa shape index (κ2) is 14.9. The first-order valence-electron chi connectivity index (χ1n) is 15.4. The van der Waals surface area contributed by atoms with Crippen molar-refractivity contribution in [1.82, 2.24) is 14.6 Å². The first kappa shape index (κ1) is 33.8. The van der Waals surface area contributed by atoms with Crippen molar-refractivity contribution >= 4 is 33.2 Å². The Labute approximate surface area is 268 Å². The Morgan fingerprint density at radius 2 is 1.98 bits per heavy atom. The van der Waals surface area contributed by atoms with E-state index in [0.717, 1.165) is 5.56 Å². The SMILES string of the molecule is CC(C)CN(C[C@@H](O)[C@H](Cc1ccccc1)NC(=O)O[C@H]1COC2OCCC21)S(=O)(=O)c1ccc2[nH]c(O)c(C=NCCO)c2c1. The van der Waals surface area contributed by atoms with Gasteiger partial charge in [0.1, 0.15) is 6.10 Å². The minimum Gasteiger partial charge on any atom is -0.494 e. The van der Waals surface area contributed by atoms with Crippen LogP contribution >= 0.6 is 0 Å². The molecular formula is C32H42N4O9S. The molecule has 2 unspecified atom stereocenters. The summed E-state index contributed by atoms with van der Waals surface area (Å²) < 4.78 is 46.2. The van der Waals surface area contributed by atoms with Crippen LogP contribution in [0.15, 0.2) is 58.4 Å². The van der Waals surface area contributed by atoms with Crippen LogP contribution in [-0.2, 0) is 30.7 Å². The summed E-state index contributed by atoms with van der Waals surface area (Å²) in [4.78, 5) is 19.9. The highest BCUT2D eigenvalue weighted by atomic mass is 32.2. The van der Waals surface area contributed by atoms with Gasteiger partial charge in [0.05, 0.1) is 54.9 Å². The first-order chi connectivity index (χ1) is 22.1. The number of hydrogen-bond donors (Lipinski definition) is 5. The number of nitrogens with zero attached hydrogens (tertiary/aromatic N) is 2. The molecule has 0 saturated carbocycles. The number of amides is 1. The number of carbonyl (C=O) groups excluding carboxylic acids is 1. The molecule has 5 N–H and O–H groups in total. The van der Waals surface area contributed by atoms with Crippen LogP contribution in [0.3, 0.4) is 0 Å². The van der Waals surface area contributed by atoms with E-state index in [-0.39, 0.29) is 61.9 Å². The van der Waals surface area contributed by atoms with E-state index in [0.29, 0.717) is 29.5 Å². The number of nitrogens with one attached hydrogen (secondary N) is 2. The molecule has 1 amide bonds. The van der Waals surface area contributed by atoms with Crippen LogP contribution in [0.4, 0.5) is 4.79 Å². The number of alkyl carbamates (subject to hydrolysis) is 1. The molecule has 1 aromatic heterocycles.